The van der Waals surface area contributed by atoms with Crippen LogP contribution in [0.2, 0.25) is 0 Å². The Morgan fingerprint density at radius 2 is 0.923 bits per heavy atom. The van der Waals surface area contributed by atoms with Crippen molar-refractivity contribution in [3.05, 3.63) is 168 Å². The second kappa shape index (κ2) is 13.3. The second-order valence-corrected chi connectivity index (χ2v) is 13.8. The number of anilines is 6. The maximum absolute atomic E-state index is 9.63. The molecule has 0 aliphatic heterocycles. The summed E-state index contributed by atoms with van der Waals surface area (Å²) in [5.41, 5.74) is 9.10. The van der Waals surface area contributed by atoms with E-state index in [-0.39, 0.29) is 0 Å². The summed E-state index contributed by atoms with van der Waals surface area (Å²) >= 11 is 0. The summed E-state index contributed by atoms with van der Waals surface area (Å²) in [6.07, 6.45) is 6.18. The number of nitrogens with zero attached hydrogens (tertiary/aromatic N) is 4. The Kier molecular flexibility index (Phi) is 8.00. The van der Waals surface area contributed by atoms with Gasteiger partial charge >= 0.3 is 0 Å². The molecule has 248 valence electrons. The van der Waals surface area contributed by atoms with Crippen LogP contribution in [-0.2, 0) is 0 Å². The molecule has 1 fully saturated rings. The van der Waals surface area contributed by atoms with Crippen molar-refractivity contribution in [3.8, 4) is 12.1 Å². The number of nitriles is 2. The highest BCUT2D eigenvalue weighted by Gasteiger charge is 2.26. The van der Waals surface area contributed by atoms with E-state index < -0.39 is 0 Å². The van der Waals surface area contributed by atoms with Crippen molar-refractivity contribution < 1.29 is 0 Å². The van der Waals surface area contributed by atoms with Crippen LogP contribution in [-0.4, -0.2) is 0 Å². The number of para-hydroxylation sites is 2. The summed E-state index contributed by atoms with van der Waals surface area (Å²) in [6, 6.07) is 57.7. The van der Waals surface area contributed by atoms with Gasteiger partial charge in [0.1, 0.15) is 0 Å². The standard InChI is InChI=1S/C48H36N4/c49-31-33-16-22-39(23-17-33)51(37-12-6-2-7-13-37)45-29-21-36-20-26-43-46(52(38-14-8-3-9-15-38)40-24-18-34(32-50)19-25-40)30-44(35-10-4-1-5-11-35)41-27-28-42(45)47(36)48(41)43/h2-3,6-9,12-30,35H,1,4-5,10-11H2. The van der Waals surface area contributed by atoms with Gasteiger partial charge in [-0.2, -0.15) is 10.5 Å². The third-order valence-corrected chi connectivity index (χ3v) is 10.8. The zero-order chi connectivity index (χ0) is 35.0. The van der Waals surface area contributed by atoms with Crippen LogP contribution in [0.5, 0.6) is 0 Å². The maximum atomic E-state index is 9.63. The summed E-state index contributed by atoms with van der Waals surface area (Å²) < 4.78 is 0. The van der Waals surface area contributed by atoms with Gasteiger partial charge in [0.2, 0.25) is 0 Å². The van der Waals surface area contributed by atoms with Gasteiger partial charge in [-0.3, -0.25) is 0 Å². The Labute approximate surface area is 304 Å². The third kappa shape index (κ3) is 5.38. The molecule has 4 heteroatoms. The Balaban J connectivity index is 1.36. The lowest BCUT2D eigenvalue weighted by Crippen LogP contribution is -2.13. The lowest BCUT2D eigenvalue weighted by molar-refractivity contribution is 0.445. The molecule has 0 spiro atoms. The van der Waals surface area contributed by atoms with Crippen molar-refractivity contribution in [2.45, 2.75) is 38.0 Å². The van der Waals surface area contributed by atoms with Gasteiger partial charge in [0.15, 0.2) is 0 Å². The van der Waals surface area contributed by atoms with Crippen LogP contribution in [0.15, 0.2) is 152 Å². The highest BCUT2D eigenvalue weighted by Crippen LogP contribution is 2.50. The molecule has 1 aliphatic carbocycles. The molecule has 0 amide bonds. The average molecular weight is 669 g/mol. The van der Waals surface area contributed by atoms with Crippen molar-refractivity contribution in [1.82, 2.24) is 0 Å². The first-order valence-corrected chi connectivity index (χ1v) is 18.2. The van der Waals surface area contributed by atoms with E-state index in [1.165, 1.54) is 70.0 Å². The molecule has 8 aromatic rings. The van der Waals surface area contributed by atoms with Crippen LogP contribution >= 0.6 is 0 Å². The lowest BCUT2D eigenvalue weighted by atomic mass is 9.79. The molecule has 52 heavy (non-hydrogen) atoms. The summed E-state index contributed by atoms with van der Waals surface area (Å²) in [5, 5.41) is 26.7. The molecule has 9 rings (SSSR count). The topological polar surface area (TPSA) is 54.1 Å². The van der Waals surface area contributed by atoms with E-state index in [0.717, 1.165) is 34.1 Å². The van der Waals surface area contributed by atoms with E-state index in [1.807, 2.05) is 42.5 Å². The summed E-state index contributed by atoms with van der Waals surface area (Å²) in [6.45, 7) is 0. The Hall–Kier alpha value is -6.62. The van der Waals surface area contributed by atoms with Crippen LogP contribution < -0.4 is 9.80 Å². The van der Waals surface area contributed by atoms with Crippen LogP contribution in [0, 0.1) is 22.7 Å². The highest BCUT2D eigenvalue weighted by atomic mass is 15.1. The molecule has 0 aromatic heterocycles. The van der Waals surface area contributed by atoms with Crippen molar-refractivity contribution in [3.63, 3.8) is 0 Å². The monoisotopic (exact) mass is 668 g/mol. The van der Waals surface area contributed by atoms with Gasteiger partial charge in [0, 0.05) is 33.5 Å². The smallest absolute Gasteiger partial charge is 0.0991 e. The van der Waals surface area contributed by atoms with Gasteiger partial charge < -0.3 is 9.80 Å². The van der Waals surface area contributed by atoms with Crippen LogP contribution in [0.3, 0.4) is 0 Å². The van der Waals surface area contributed by atoms with E-state index in [0.29, 0.717) is 17.0 Å². The van der Waals surface area contributed by atoms with Crippen LogP contribution in [0.4, 0.5) is 34.1 Å². The fourth-order valence-corrected chi connectivity index (χ4v) is 8.40. The minimum absolute atomic E-state index is 0.481. The molecule has 0 N–H and O–H groups in total. The normalized spacial score (nSPS) is 13.3. The molecule has 4 nitrogen and oxygen atoms in total. The van der Waals surface area contributed by atoms with E-state index in [9.17, 15) is 10.5 Å². The van der Waals surface area contributed by atoms with Gasteiger partial charge in [-0.15, -0.1) is 0 Å². The van der Waals surface area contributed by atoms with E-state index in [2.05, 4.69) is 131 Å². The first-order chi connectivity index (χ1) is 25.7. The second-order valence-electron chi connectivity index (χ2n) is 13.8. The van der Waals surface area contributed by atoms with Crippen molar-refractivity contribution >= 4 is 66.4 Å². The molecule has 0 heterocycles. The SMILES string of the molecule is N#Cc1ccc(N(c2ccccc2)c2ccc3ccc4c(N(c5ccccc5)c5ccc(C#N)cc5)cc(C5CCCCC5)c5ccc2c3c54)cc1. The fourth-order valence-electron chi connectivity index (χ4n) is 8.40. The molecule has 0 saturated heterocycles. The van der Waals surface area contributed by atoms with Crippen molar-refractivity contribution in [2.75, 3.05) is 9.80 Å². The molecule has 8 aromatic carbocycles. The summed E-state index contributed by atoms with van der Waals surface area (Å²) in [5.74, 6) is 0.481. The van der Waals surface area contributed by atoms with E-state index >= 15 is 0 Å². The summed E-state index contributed by atoms with van der Waals surface area (Å²) in [7, 11) is 0. The predicted octanol–water partition coefficient (Wildman–Crippen LogP) is 13.3. The zero-order valence-corrected chi connectivity index (χ0v) is 28.8. The largest absolute Gasteiger partial charge is 0.310 e. The number of hydrogen-bond donors (Lipinski definition) is 0. The quantitative estimate of drug-likeness (QED) is 0.159. The lowest BCUT2D eigenvalue weighted by Gasteiger charge is -2.32. The Bertz CT molecular complexity index is 2610. The first-order valence-electron chi connectivity index (χ1n) is 18.2. The molecule has 1 saturated carbocycles. The van der Waals surface area contributed by atoms with E-state index in [4.69, 9.17) is 0 Å². The molecular weight excluding hydrogens is 633 g/mol. The molecule has 0 bridgehead atoms. The Morgan fingerprint density at radius 3 is 1.50 bits per heavy atom. The molecular formula is C48H36N4. The van der Waals surface area contributed by atoms with Gasteiger partial charge in [-0.25, -0.2) is 0 Å². The van der Waals surface area contributed by atoms with Gasteiger partial charge in [0.25, 0.3) is 0 Å². The fraction of sp³-hybridized carbons (Fsp3) is 0.125. The molecule has 0 atom stereocenters. The first kappa shape index (κ1) is 31.4. The number of benzene rings is 8. The minimum atomic E-state index is 0.481. The maximum Gasteiger partial charge on any atom is 0.0991 e. The number of hydrogen-bond acceptors (Lipinski definition) is 4. The predicted molar refractivity (Wildman–Crippen MR) is 215 cm³/mol. The Morgan fingerprint density at radius 1 is 0.442 bits per heavy atom. The van der Waals surface area contributed by atoms with Crippen LogP contribution in [0.25, 0.3) is 32.3 Å². The average Bonchev–Trinajstić information content (AvgIpc) is 3.22. The van der Waals surface area contributed by atoms with E-state index in [1.54, 1.807) is 0 Å². The van der Waals surface area contributed by atoms with Crippen molar-refractivity contribution in [1.29, 1.82) is 10.5 Å². The van der Waals surface area contributed by atoms with Crippen molar-refractivity contribution in [2.24, 2.45) is 0 Å². The molecule has 0 unspecified atom stereocenters. The molecule has 1 aliphatic rings. The van der Waals surface area contributed by atoms with Gasteiger partial charge in [-0.05, 0) is 131 Å². The van der Waals surface area contributed by atoms with Gasteiger partial charge in [0.05, 0.1) is 34.6 Å². The van der Waals surface area contributed by atoms with Gasteiger partial charge in [-0.1, -0.05) is 86.0 Å². The minimum Gasteiger partial charge on any atom is -0.310 e. The molecule has 0 radical (unpaired) electrons. The summed E-state index contributed by atoms with van der Waals surface area (Å²) in [4.78, 5) is 4.68. The van der Waals surface area contributed by atoms with Crippen LogP contribution in [0.1, 0.15) is 54.7 Å². The number of rotatable bonds is 7. The zero-order valence-electron chi connectivity index (χ0n) is 28.8. The third-order valence-electron chi connectivity index (χ3n) is 10.8. The highest BCUT2D eigenvalue weighted by molar-refractivity contribution is 6.28.